The molecule has 0 bridgehead atoms. The summed E-state index contributed by atoms with van der Waals surface area (Å²) in [6.45, 7) is 0. The van der Waals surface area contributed by atoms with Crippen LogP contribution in [-0.4, -0.2) is 18.3 Å². The molecule has 0 saturated heterocycles. The maximum Gasteiger partial charge on any atom is 0.475 e. The Balaban J connectivity index is 4.34. The van der Waals surface area contributed by atoms with Gasteiger partial charge in [-0.1, -0.05) is 0 Å². The van der Waals surface area contributed by atoms with Crippen LogP contribution in [0.5, 0.6) is 0 Å². The van der Waals surface area contributed by atoms with Gasteiger partial charge in [0.25, 0.3) is 0 Å². The molecule has 65 valence electrons. The highest BCUT2D eigenvalue weighted by molar-refractivity contribution is 5.64. The highest BCUT2D eigenvalue weighted by Gasteiger charge is 2.59. The maximum absolute atomic E-state index is 11.5. The molecule has 11 heavy (non-hydrogen) atoms. The third-order valence-corrected chi connectivity index (χ3v) is 0.615. The van der Waals surface area contributed by atoms with E-state index >= 15 is 0 Å². The lowest BCUT2D eigenvalue weighted by molar-refractivity contribution is -0.291. The van der Waals surface area contributed by atoms with Crippen LogP contribution in [0.25, 0.3) is 0 Å². The molecule has 8 heteroatoms. The standard InChI is InChI=1S/C3HF5NO2/c4-2(5,6)3(7,8)9-1(10)11/h9H. The van der Waals surface area contributed by atoms with Crippen LogP contribution in [0.4, 0.5) is 26.7 Å². The molecule has 0 heterocycles. The molecule has 1 amide bonds. The van der Waals surface area contributed by atoms with E-state index in [1.54, 1.807) is 0 Å². The summed E-state index contributed by atoms with van der Waals surface area (Å²) in [5.41, 5.74) is 0. The largest absolute Gasteiger partial charge is 0.475 e. The van der Waals surface area contributed by atoms with Gasteiger partial charge in [0.1, 0.15) is 0 Å². The van der Waals surface area contributed by atoms with Gasteiger partial charge in [-0.25, -0.2) is 9.90 Å². The molecule has 1 N–H and O–H groups in total. The van der Waals surface area contributed by atoms with Crippen molar-refractivity contribution in [2.45, 2.75) is 12.2 Å². The van der Waals surface area contributed by atoms with Gasteiger partial charge in [0.05, 0.1) is 0 Å². The molecule has 0 aromatic carbocycles. The van der Waals surface area contributed by atoms with Crippen molar-refractivity contribution in [3.05, 3.63) is 0 Å². The topological polar surface area (TPSA) is 49.0 Å². The third-order valence-electron chi connectivity index (χ3n) is 0.615. The Morgan fingerprint density at radius 3 is 1.55 bits per heavy atom. The van der Waals surface area contributed by atoms with Crippen molar-refractivity contribution in [1.82, 2.24) is 5.32 Å². The van der Waals surface area contributed by atoms with E-state index in [0.29, 0.717) is 0 Å². The number of hydrogen-bond acceptors (Lipinski definition) is 1. The number of alkyl halides is 5. The predicted octanol–water partition coefficient (Wildman–Crippen LogP) is 1.28. The second-order valence-electron chi connectivity index (χ2n) is 1.48. The van der Waals surface area contributed by atoms with Crippen LogP contribution in [0.3, 0.4) is 0 Å². The highest BCUT2D eigenvalue weighted by Crippen LogP contribution is 2.32. The van der Waals surface area contributed by atoms with Crippen molar-refractivity contribution in [3.63, 3.8) is 0 Å². The molecule has 0 aliphatic rings. The summed E-state index contributed by atoms with van der Waals surface area (Å²) in [7, 11) is 0. The van der Waals surface area contributed by atoms with E-state index in [0.717, 1.165) is 0 Å². The smallest absolute Gasteiger partial charge is 0.251 e. The first-order valence-corrected chi connectivity index (χ1v) is 2.10. The number of nitrogens with one attached hydrogen (secondary N) is 1. The van der Waals surface area contributed by atoms with Crippen molar-refractivity contribution >= 4 is 6.09 Å². The summed E-state index contributed by atoms with van der Waals surface area (Å²) < 4.78 is 56.3. The monoisotopic (exact) mass is 178 g/mol. The van der Waals surface area contributed by atoms with E-state index < -0.39 is 18.3 Å². The molecule has 0 saturated carbocycles. The fourth-order valence-corrected chi connectivity index (χ4v) is 0.199. The molecular weight excluding hydrogens is 177 g/mol. The van der Waals surface area contributed by atoms with Gasteiger partial charge in [0.15, 0.2) is 0 Å². The average Bonchev–Trinajstić information content (AvgIpc) is 1.56. The summed E-state index contributed by atoms with van der Waals surface area (Å²) in [5.74, 6) is 0. The zero-order chi connectivity index (χ0) is 9.28. The molecule has 1 radical (unpaired) electrons. The maximum atomic E-state index is 11.5. The zero-order valence-electron chi connectivity index (χ0n) is 4.71. The van der Waals surface area contributed by atoms with Gasteiger partial charge in [0, 0.05) is 0 Å². The summed E-state index contributed by atoms with van der Waals surface area (Å²) in [5, 5.41) is 9.17. The summed E-state index contributed by atoms with van der Waals surface area (Å²) in [6.07, 6.45) is -8.63. The number of halogens is 5. The quantitative estimate of drug-likeness (QED) is 0.477. The van der Waals surface area contributed by atoms with Crippen molar-refractivity contribution in [2.75, 3.05) is 0 Å². The van der Waals surface area contributed by atoms with Gasteiger partial charge in [-0.15, -0.1) is 0 Å². The summed E-state index contributed by atoms with van der Waals surface area (Å²) >= 11 is 0. The molecular formula is C3HF5NO2. The molecule has 0 fully saturated rings. The second-order valence-corrected chi connectivity index (χ2v) is 1.48. The van der Waals surface area contributed by atoms with E-state index in [4.69, 9.17) is 0 Å². The number of carbonyl (C=O) groups is 1. The molecule has 0 atom stereocenters. The SMILES string of the molecule is [O]C(=O)NC(F)(F)C(F)(F)F. The third kappa shape index (κ3) is 2.56. The molecule has 0 aliphatic heterocycles. The first-order valence-electron chi connectivity index (χ1n) is 2.10. The van der Waals surface area contributed by atoms with Crippen LogP contribution in [0, 0.1) is 0 Å². The average molecular weight is 178 g/mol. The number of carbonyl (C=O) groups excluding carboxylic acids is 1. The minimum Gasteiger partial charge on any atom is -0.251 e. The zero-order valence-corrected chi connectivity index (χ0v) is 4.71. The minimum absolute atomic E-state index is 0.0938. The van der Waals surface area contributed by atoms with Crippen molar-refractivity contribution in [2.24, 2.45) is 0 Å². The van der Waals surface area contributed by atoms with Gasteiger partial charge in [0.2, 0.25) is 0 Å². The predicted molar refractivity (Wildman–Crippen MR) is 20.2 cm³/mol. The number of amides is 1. The summed E-state index contributed by atoms with van der Waals surface area (Å²) in [4.78, 5) is 9.26. The Morgan fingerprint density at radius 1 is 1.09 bits per heavy atom. The van der Waals surface area contributed by atoms with Gasteiger partial charge in [-0.3, -0.25) is 5.32 Å². The molecule has 0 aromatic rings. The fraction of sp³-hybridized carbons (Fsp3) is 0.667. The van der Waals surface area contributed by atoms with Crippen LogP contribution in [0.1, 0.15) is 0 Å². The van der Waals surface area contributed by atoms with E-state index in [-0.39, 0.29) is 5.32 Å². The molecule has 0 rings (SSSR count). The van der Waals surface area contributed by atoms with Crippen LogP contribution in [-0.2, 0) is 5.11 Å². The Hall–Kier alpha value is -1.08. The van der Waals surface area contributed by atoms with Crippen LogP contribution < -0.4 is 5.32 Å². The van der Waals surface area contributed by atoms with Gasteiger partial charge in [-0.05, 0) is 0 Å². The fourth-order valence-electron chi connectivity index (χ4n) is 0.199. The van der Waals surface area contributed by atoms with Crippen LogP contribution in [0.15, 0.2) is 0 Å². The second kappa shape index (κ2) is 2.51. The highest BCUT2D eigenvalue weighted by atomic mass is 19.4. The molecule has 0 aromatic heterocycles. The van der Waals surface area contributed by atoms with Crippen molar-refractivity contribution in [1.29, 1.82) is 0 Å². The molecule has 0 spiro atoms. The van der Waals surface area contributed by atoms with Gasteiger partial charge < -0.3 is 0 Å². The van der Waals surface area contributed by atoms with Crippen molar-refractivity contribution < 1.29 is 31.9 Å². The summed E-state index contributed by atoms with van der Waals surface area (Å²) in [6, 6.07) is -5.45. The molecule has 0 unspecified atom stereocenters. The Morgan fingerprint density at radius 2 is 1.45 bits per heavy atom. The lowest BCUT2D eigenvalue weighted by atomic mass is 10.5. The Labute approximate surface area is 56.8 Å². The number of hydrogen-bond donors (Lipinski definition) is 1. The Kier molecular flexibility index (Phi) is 2.27. The van der Waals surface area contributed by atoms with E-state index in [1.165, 1.54) is 0 Å². The van der Waals surface area contributed by atoms with Crippen LogP contribution in [0.2, 0.25) is 0 Å². The van der Waals surface area contributed by atoms with Gasteiger partial charge in [-0.2, -0.15) is 22.0 Å². The molecule has 3 nitrogen and oxygen atoms in total. The first-order chi connectivity index (χ1) is 4.67. The van der Waals surface area contributed by atoms with Gasteiger partial charge >= 0.3 is 18.3 Å². The minimum atomic E-state index is -5.94. The van der Waals surface area contributed by atoms with E-state index in [2.05, 4.69) is 0 Å². The van der Waals surface area contributed by atoms with Crippen molar-refractivity contribution in [3.8, 4) is 0 Å². The molecule has 0 aliphatic carbocycles. The normalized spacial score (nSPS) is 12.8. The number of rotatable bonds is 1. The lowest BCUT2D eigenvalue weighted by Gasteiger charge is -2.17. The van der Waals surface area contributed by atoms with Crippen LogP contribution >= 0.6 is 0 Å². The van der Waals surface area contributed by atoms with E-state index in [1.807, 2.05) is 0 Å². The lowest BCUT2D eigenvalue weighted by Crippen LogP contribution is -2.51. The first kappa shape index (κ1) is 9.92. The van der Waals surface area contributed by atoms with E-state index in [9.17, 15) is 31.9 Å². The Bertz CT molecular complexity index is 164.